The number of amides is 3. The Morgan fingerprint density at radius 3 is 2.44 bits per heavy atom. The van der Waals surface area contributed by atoms with Gasteiger partial charge in [-0.05, 0) is 62.0 Å². The minimum atomic E-state index is -0.653. The summed E-state index contributed by atoms with van der Waals surface area (Å²) in [5, 5.41) is 5.90. The van der Waals surface area contributed by atoms with Crippen molar-refractivity contribution in [2.45, 2.75) is 45.2 Å². The summed E-state index contributed by atoms with van der Waals surface area (Å²) in [5.41, 5.74) is 2.50. The largest absolute Gasteiger partial charge is 0.368 e. The van der Waals surface area contributed by atoms with Crippen LogP contribution in [0.2, 0.25) is 0 Å². The molecule has 2 saturated heterocycles. The molecule has 3 amide bonds. The first-order chi connectivity index (χ1) is 16.5. The number of piperazine rings is 1. The second kappa shape index (κ2) is 12.5. The number of piperidine rings is 1. The van der Waals surface area contributed by atoms with Crippen molar-refractivity contribution in [3.8, 4) is 0 Å². The lowest BCUT2D eigenvalue weighted by atomic mass is 10.0. The standard InChI is InChI=1S/C19H24N4O4.C6H13N/c1-20-18(26)17(3-2-10-24)23-12-14-11-15(4-5-16(14)19(23)27)22-8-6-21(13-25)7-9-22;1-6-2-4-7-5-3-6/h4-5,10-11,13,17H,2-3,6-9,12H2,1H3,(H,20,26);6-7H,2-5H2,1H3. The summed E-state index contributed by atoms with van der Waals surface area (Å²) in [6.45, 7) is 7.99. The lowest BCUT2D eigenvalue weighted by Gasteiger charge is -2.34. The minimum Gasteiger partial charge on any atom is -0.368 e. The van der Waals surface area contributed by atoms with Crippen LogP contribution in [0.3, 0.4) is 0 Å². The Labute approximate surface area is 201 Å². The van der Waals surface area contributed by atoms with Gasteiger partial charge in [-0.1, -0.05) is 6.92 Å². The van der Waals surface area contributed by atoms with E-state index in [4.69, 9.17) is 0 Å². The van der Waals surface area contributed by atoms with Gasteiger partial charge in [0.05, 0.1) is 0 Å². The van der Waals surface area contributed by atoms with Crippen LogP contribution in [0.25, 0.3) is 0 Å². The van der Waals surface area contributed by atoms with Crippen molar-refractivity contribution >= 4 is 30.2 Å². The molecule has 1 unspecified atom stereocenters. The van der Waals surface area contributed by atoms with Crippen molar-refractivity contribution in [1.29, 1.82) is 0 Å². The number of hydrogen-bond acceptors (Lipinski definition) is 6. The number of rotatable bonds is 7. The number of aldehydes is 1. The van der Waals surface area contributed by atoms with Crippen molar-refractivity contribution in [3.63, 3.8) is 0 Å². The number of likely N-dealkylation sites (N-methyl/N-ethyl adjacent to an activating group) is 1. The van der Waals surface area contributed by atoms with Crippen molar-refractivity contribution in [2.75, 3.05) is 51.2 Å². The number of benzene rings is 1. The summed E-state index contributed by atoms with van der Waals surface area (Å²) in [5.74, 6) is 0.534. The molecule has 0 spiro atoms. The molecule has 9 heteroatoms. The van der Waals surface area contributed by atoms with Crippen LogP contribution in [0.5, 0.6) is 0 Å². The molecule has 0 saturated carbocycles. The summed E-state index contributed by atoms with van der Waals surface area (Å²) in [7, 11) is 1.53. The number of carbonyl (C=O) groups is 4. The Kier molecular flexibility index (Phi) is 9.44. The molecule has 2 N–H and O–H groups in total. The number of hydrogen-bond donors (Lipinski definition) is 2. The molecule has 0 bridgehead atoms. The van der Waals surface area contributed by atoms with E-state index in [0.717, 1.165) is 43.0 Å². The normalized spacial score (nSPS) is 19.1. The Morgan fingerprint density at radius 2 is 1.88 bits per heavy atom. The molecule has 2 fully saturated rings. The summed E-state index contributed by atoms with van der Waals surface area (Å²) in [6, 6.07) is 5.06. The zero-order valence-corrected chi connectivity index (χ0v) is 20.3. The molecule has 4 rings (SSSR count). The van der Waals surface area contributed by atoms with Crippen LogP contribution < -0.4 is 15.5 Å². The molecular formula is C25H37N5O4. The summed E-state index contributed by atoms with van der Waals surface area (Å²) >= 11 is 0. The molecule has 9 nitrogen and oxygen atoms in total. The number of nitrogens with one attached hydrogen (secondary N) is 2. The maximum absolute atomic E-state index is 12.8. The van der Waals surface area contributed by atoms with Crippen LogP contribution >= 0.6 is 0 Å². The van der Waals surface area contributed by atoms with Crippen LogP contribution in [0.4, 0.5) is 5.69 Å². The van der Waals surface area contributed by atoms with E-state index >= 15 is 0 Å². The van der Waals surface area contributed by atoms with E-state index in [1.165, 1.54) is 33.0 Å². The van der Waals surface area contributed by atoms with Gasteiger partial charge in [0, 0.05) is 57.4 Å². The molecule has 0 aromatic heterocycles. The van der Waals surface area contributed by atoms with Gasteiger partial charge < -0.3 is 30.1 Å². The van der Waals surface area contributed by atoms with Crippen LogP contribution in [0, 0.1) is 5.92 Å². The average Bonchev–Trinajstić information content (AvgIpc) is 3.20. The molecule has 1 aromatic carbocycles. The number of fused-ring (bicyclic) bond motifs is 1. The van der Waals surface area contributed by atoms with Crippen LogP contribution in [-0.2, 0) is 20.9 Å². The Bertz CT molecular complexity index is 863. The van der Waals surface area contributed by atoms with Crippen molar-refractivity contribution < 1.29 is 19.2 Å². The third-order valence-electron chi connectivity index (χ3n) is 6.86. The zero-order chi connectivity index (χ0) is 24.5. The van der Waals surface area contributed by atoms with Gasteiger partial charge in [-0.2, -0.15) is 0 Å². The van der Waals surface area contributed by atoms with Gasteiger partial charge in [0.15, 0.2) is 0 Å². The molecule has 0 radical (unpaired) electrons. The fraction of sp³-hybridized carbons (Fsp3) is 0.600. The highest BCUT2D eigenvalue weighted by Crippen LogP contribution is 2.30. The first kappa shape index (κ1) is 25.7. The topological polar surface area (TPSA) is 102 Å². The third-order valence-corrected chi connectivity index (χ3v) is 6.86. The molecule has 34 heavy (non-hydrogen) atoms. The quantitative estimate of drug-likeness (QED) is 0.576. The van der Waals surface area contributed by atoms with E-state index in [-0.39, 0.29) is 18.2 Å². The van der Waals surface area contributed by atoms with Gasteiger partial charge in [0.2, 0.25) is 12.3 Å². The lowest BCUT2D eigenvalue weighted by Crippen LogP contribution is -2.46. The first-order valence-corrected chi connectivity index (χ1v) is 12.2. The molecule has 1 atom stereocenters. The minimum absolute atomic E-state index is 0.179. The average molecular weight is 472 g/mol. The van der Waals surface area contributed by atoms with E-state index in [1.807, 2.05) is 12.1 Å². The van der Waals surface area contributed by atoms with Crippen molar-refractivity contribution in [1.82, 2.24) is 20.4 Å². The van der Waals surface area contributed by atoms with E-state index < -0.39 is 6.04 Å². The fourth-order valence-corrected chi connectivity index (χ4v) is 4.65. The number of carbonyl (C=O) groups excluding carboxylic acids is 4. The second-order valence-corrected chi connectivity index (χ2v) is 9.21. The van der Waals surface area contributed by atoms with Gasteiger partial charge >= 0.3 is 0 Å². The van der Waals surface area contributed by atoms with E-state index in [1.54, 1.807) is 15.9 Å². The maximum atomic E-state index is 12.8. The number of nitrogens with zero attached hydrogens (tertiary/aromatic N) is 3. The predicted octanol–water partition coefficient (Wildman–Crippen LogP) is 1.02. The molecule has 3 aliphatic heterocycles. The van der Waals surface area contributed by atoms with Gasteiger partial charge in [-0.3, -0.25) is 14.4 Å². The highest BCUT2D eigenvalue weighted by molar-refractivity contribution is 6.01. The Morgan fingerprint density at radius 1 is 1.18 bits per heavy atom. The van der Waals surface area contributed by atoms with Crippen LogP contribution in [-0.4, -0.2) is 86.7 Å². The maximum Gasteiger partial charge on any atom is 0.255 e. The van der Waals surface area contributed by atoms with Crippen molar-refractivity contribution in [3.05, 3.63) is 29.3 Å². The predicted molar refractivity (Wildman–Crippen MR) is 131 cm³/mol. The summed E-state index contributed by atoms with van der Waals surface area (Å²) in [6.07, 6.45) is 4.92. The van der Waals surface area contributed by atoms with Crippen LogP contribution in [0.1, 0.15) is 48.5 Å². The summed E-state index contributed by atoms with van der Waals surface area (Å²) < 4.78 is 0. The van der Waals surface area contributed by atoms with E-state index in [2.05, 4.69) is 22.5 Å². The van der Waals surface area contributed by atoms with Gasteiger partial charge in [-0.25, -0.2) is 0 Å². The molecule has 0 aliphatic carbocycles. The molecular weight excluding hydrogens is 434 g/mol. The second-order valence-electron chi connectivity index (χ2n) is 9.21. The molecule has 1 aromatic rings. The number of anilines is 1. The van der Waals surface area contributed by atoms with Crippen molar-refractivity contribution in [2.24, 2.45) is 5.92 Å². The highest BCUT2D eigenvalue weighted by Gasteiger charge is 2.36. The molecule has 186 valence electrons. The fourth-order valence-electron chi connectivity index (χ4n) is 4.65. The molecule has 3 aliphatic rings. The first-order valence-electron chi connectivity index (χ1n) is 12.2. The van der Waals surface area contributed by atoms with E-state index in [0.29, 0.717) is 31.6 Å². The van der Waals surface area contributed by atoms with Crippen LogP contribution in [0.15, 0.2) is 18.2 Å². The highest BCUT2D eigenvalue weighted by atomic mass is 16.2. The Hall–Kier alpha value is -2.94. The third kappa shape index (κ3) is 6.34. The SMILES string of the molecule is CC1CCNCC1.CNC(=O)C(CCC=O)N1Cc2cc(N3CCN(C=O)CC3)ccc2C1=O. The van der Waals surface area contributed by atoms with E-state index in [9.17, 15) is 19.2 Å². The van der Waals surface area contributed by atoms with Gasteiger partial charge in [-0.15, -0.1) is 0 Å². The molecule has 3 heterocycles. The summed E-state index contributed by atoms with van der Waals surface area (Å²) in [4.78, 5) is 52.1. The Balaban J connectivity index is 0.000000396. The van der Waals surface area contributed by atoms with Gasteiger partial charge in [0.25, 0.3) is 5.91 Å². The monoisotopic (exact) mass is 471 g/mol. The lowest BCUT2D eigenvalue weighted by molar-refractivity contribution is -0.125. The zero-order valence-electron chi connectivity index (χ0n) is 20.3. The smallest absolute Gasteiger partial charge is 0.255 e. The van der Waals surface area contributed by atoms with Gasteiger partial charge in [0.1, 0.15) is 12.3 Å².